The molecule has 4 aromatic rings. The van der Waals surface area contributed by atoms with Crippen LogP contribution in [-0.2, 0) is 0 Å². The highest BCUT2D eigenvalue weighted by Gasteiger charge is 2.30. The van der Waals surface area contributed by atoms with E-state index < -0.39 is 5.82 Å². The molecule has 1 fully saturated rings. The van der Waals surface area contributed by atoms with Crippen molar-refractivity contribution in [1.29, 1.82) is 5.26 Å². The van der Waals surface area contributed by atoms with Crippen molar-refractivity contribution in [2.45, 2.75) is 19.4 Å². The van der Waals surface area contributed by atoms with E-state index in [1.165, 1.54) is 7.11 Å². The molecule has 0 N–H and O–H groups in total. The first-order valence-electron chi connectivity index (χ1n) is 11.0. The Hall–Kier alpha value is -3.70. The van der Waals surface area contributed by atoms with E-state index >= 15 is 4.39 Å². The summed E-state index contributed by atoms with van der Waals surface area (Å²) in [7, 11) is 1.46. The second kappa shape index (κ2) is 8.92. The largest absolute Gasteiger partial charge is 0.467 e. The summed E-state index contributed by atoms with van der Waals surface area (Å²) in [5.74, 6) is -0.0120. The molecule has 0 amide bonds. The molecule has 5 rings (SSSR count). The zero-order valence-corrected chi connectivity index (χ0v) is 19.6. The van der Waals surface area contributed by atoms with Crippen molar-refractivity contribution in [2.75, 3.05) is 31.6 Å². The van der Waals surface area contributed by atoms with Crippen molar-refractivity contribution in [2.24, 2.45) is 0 Å². The highest BCUT2D eigenvalue weighted by molar-refractivity contribution is 6.36. The lowest BCUT2D eigenvalue weighted by Crippen LogP contribution is -2.34. The van der Waals surface area contributed by atoms with Gasteiger partial charge in [0.1, 0.15) is 17.0 Å². The van der Waals surface area contributed by atoms with Crippen LogP contribution < -0.4 is 9.64 Å². The van der Waals surface area contributed by atoms with Crippen LogP contribution in [0.5, 0.6) is 6.01 Å². The molecule has 0 spiro atoms. The molecule has 1 atom stereocenters. The van der Waals surface area contributed by atoms with Gasteiger partial charge in [-0.05, 0) is 24.8 Å². The molecule has 0 saturated carbocycles. The van der Waals surface area contributed by atoms with Gasteiger partial charge in [0.15, 0.2) is 12.0 Å². The molecule has 2 aromatic heterocycles. The fourth-order valence-electron chi connectivity index (χ4n) is 4.63. The molecule has 1 aliphatic rings. The molecule has 1 aliphatic heterocycles. The van der Waals surface area contributed by atoms with E-state index in [0.717, 1.165) is 17.2 Å². The van der Waals surface area contributed by atoms with Crippen LogP contribution in [0, 0.1) is 17.3 Å². The molecule has 2 aromatic carbocycles. The Balaban J connectivity index is 1.66. The van der Waals surface area contributed by atoms with Crippen LogP contribution in [0.15, 0.2) is 42.6 Å². The van der Waals surface area contributed by atoms with E-state index in [-0.39, 0.29) is 23.3 Å². The number of pyridine rings is 1. The number of halogens is 2. The number of hydrogen-bond acceptors (Lipinski definition) is 7. The lowest BCUT2D eigenvalue weighted by molar-refractivity contribution is 0.323. The summed E-state index contributed by atoms with van der Waals surface area (Å²) >= 11 is 6.48. The van der Waals surface area contributed by atoms with Crippen LogP contribution in [-0.4, -0.2) is 52.6 Å². The number of hydrogen-bond donors (Lipinski definition) is 0. The number of benzene rings is 2. The van der Waals surface area contributed by atoms with Gasteiger partial charge in [-0.2, -0.15) is 15.2 Å². The van der Waals surface area contributed by atoms with E-state index in [2.05, 4.69) is 21.1 Å². The average Bonchev–Trinajstić information content (AvgIpc) is 3.34. The highest BCUT2D eigenvalue weighted by Crippen LogP contribution is 2.37. The van der Waals surface area contributed by atoms with Gasteiger partial charge in [-0.25, -0.2) is 4.39 Å². The van der Waals surface area contributed by atoms with Crippen LogP contribution >= 0.6 is 11.6 Å². The normalized spacial score (nSPS) is 15.6. The molecule has 0 radical (unpaired) electrons. The Labute approximate surface area is 201 Å². The zero-order chi connectivity index (χ0) is 23.8. The minimum atomic E-state index is -0.560. The van der Waals surface area contributed by atoms with Gasteiger partial charge in [0.05, 0.1) is 18.5 Å². The second-order valence-corrected chi connectivity index (χ2v) is 8.54. The first-order valence-corrected chi connectivity index (χ1v) is 11.4. The number of anilines is 1. The lowest BCUT2D eigenvalue weighted by atomic mass is 10.0. The molecule has 3 heterocycles. The molecule has 9 heteroatoms. The summed E-state index contributed by atoms with van der Waals surface area (Å²) in [5.41, 5.74) is 0.890. The first kappa shape index (κ1) is 22.1. The summed E-state index contributed by atoms with van der Waals surface area (Å²) in [6.07, 6.45) is 4.65. The van der Waals surface area contributed by atoms with E-state index in [1.54, 1.807) is 23.2 Å². The minimum Gasteiger partial charge on any atom is -0.467 e. The van der Waals surface area contributed by atoms with Crippen LogP contribution in [0.2, 0.25) is 5.02 Å². The molecule has 0 aliphatic carbocycles. The maximum Gasteiger partial charge on any atom is 0.318 e. The van der Waals surface area contributed by atoms with Crippen molar-refractivity contribution < 1.29 is 9.13 Å². The van der Waals surface area contributed by atoms with Gasteiger partial charge in [0.2, 0.25) is 0 Å². The topological polar surface area (TPSA) is 78.2 Å². The third-order valence-electron chi connectivity index (χ3n) is 6.31. The summed E-state index contributed by atoms with van der Waals surface area (Å²) in [5, 5.41) is 12.1. The van der Waals surface area contributed by atoms with Crippen molar-refractivity contribution >= 4 is 39.1 Å². The van der Waals surface area contributed by atoms with Crippen molar-refractivity contribution in [3.63, 3.8) is 0 Å². The summed E-state index contributed by atoms with van der Waals surface area (Å²) in [6, 6.07) is 11.3. The Morgan fingerprint density at radius 1 is 1.26 bits per heavy atom. The van der Waals surface area contributed by atoms with Crippen molar-refractivity contribution in [3.8, 4) is 23.5 Å². The molecule has 1 unspecified atom stereocenters. The SMILES string of the molecule is CCN(C#N)C1CCN(c2nc(OC)nc3c(F)c(-c4cccc5cccc(Cl)c45)ncc23)C1. The number of ether oxygens (including phenoxy) is 1. The number of aromatic nitrogens is 3. The first-order chi connectivity index (χ1) is 16.5. The van der Waals surface area contributed by atoms with Crippen molar-refractivity contribution in [3.05, 3.63) is 53.4 Å². The van der Waals surface area contributed by atoms with Crippen LogP contribution in [0.3, 0.4) is 0 Å². The Morgan fingerprint density at radius 3 is 2.79 bits per heavy atom. The molecule has 0 bridgehead atoms. The van der Waals surface area contributed by atoms with Gasteiger partial charge in [0, 0.05) is 41.8 Å². The third-order valence-corrected chi connectivity index (χ3v) is 6.62. The second-order valence-electron chi connectivity index (χ2n) is 8.14. The van der Waals surface area contributed by atoms with Crippen molar-refractivity contribution in [1.82, 2.24) is 19.9 Å². The standard InChI is InChI=1S/C25H22ClFN6O/c1-3-32(14-28)16-10-11-33(13-16)24-18-12-29-22(21(27)23(18)30-25(31-24)34-2)17-8-4-6-15-7-5-9-19(26)20(15)17/h4-9,12,16H,3,10-11,13H2,1-2H3. The van der Waals surface area contributed by atoms with Crippen LogP contribution in [0.25, 0.3) is 32.9 Å². The molecule has 1 saturated heterocycles. The molecule has 172 valence electrons. The van der Waals surface area contributed by atoms with Crippen LogP contribution in [0.1, 0.15) is 13.3 Å². The van der Waals surface area contributed by atoms with E-state index in [4.69, 9.17) is 16.3 Å². The number of likely N-dealkylation sites (N-methyl/N-ethyl adjacent to an activating group) is 1. The quantitative estimate of drug-likeness (QED) is 0.295. The Kier molecular flexibility index (Phi) is 5.80. The van der Waals surface area contributed by atoms with Crippen LogP contribution in [0.4, 0.5) is 10.2 Å². The fraction of sp³-hybridized carbons (Fsp3) is 0.280. The number of nitrogens with zero attached hydrogens (tertiary/aromatic N) is 6. The fourth-order valence-corrected chi connectivity index (χ4v) is 4.92. The summed E-state index contributed by atoms with van der Waals surface area (Å²) in [4.78, 5) is 17.1. The Bertz CT molecular complexity index is 1430. The number of rotatable bonds is 5. The predicted octanol–water partition coefficient (Wildman–Crippen LogP) is 5.03. The van der Waals surface area contributed by atoms with Gasteiger partial charge in [-0.15, -0.1) is 0 Å². The molecular formula is C25H22ClFN6O. The predicted molar refractivity (Wildman–Crippen MR) is 130 cm³/mol. The molecule has 34 heavy (non-hydrogen) atoms. The number of methoxy groups -OCH3 is 1. The zero-order valence-electron chi connectivity index (χ0n) is 18.8. The van der Waals surface area contributed by atoms with E-state index in [1.807, 2.05) is 36.1 Å². The molecule has 7 nitrogen and oxygen atoms in total. The van der Waals surface area contributed by atoms with Gasteiger partial charge >= 0.3 is 6.01 Å². The maximum atomic E-state index is 16.0. The average molecular weight is 477 g/mol. The number of fused-ring (bicyclic) bond motifs is 2. The molecular weight excluding hydrogens is 455 g/mol. The van der Waals surface area contributed by atoms with Gasteiger partial charge in [-0.3, -0.25) is 4.98 Å². The lowest BCUT2D eigenvalue weighted by Gasteiger charge is -2.23. The minimum absolute atomic E-state index is 0.0703. The van der Waals surface area contributed by atoms with Gasteiger partial charge in [-0.1, -0.05) is 41.9 Å². The summed E-state index contributed by atoms with van der Waals surface area (Å²) < 4.78 is 21.3. The van der Waals surface area contributed by atoms with E-state index in [9.17, 15) is 5.26 Å². The van der Waals surface area contributed by atoms with E-state index in [0.29, 0.717) is 41.4 Å². The third kappa shape index (κ3) is 3.62. The van der Waals surface area contributed by atoms with Gasteiger partial charge < -0.3 is 14.5 Å². The van der Waals surface area contributed by atoms with Gasteiger partial charge in [0.25, 0.3) is 0 Å². The maximum absolute atomic E-state index is 16.0. The smallest absolute Gasteiger partial charge is 0.318 e. The number of nitriles is 1. The summed E-state index contributed by atoms with van der Waals surface area (Å²) in [6.45, 7) is 3.87. The Morgan fingerprint density at radius 2 is 2.06 bits per heavy atom. The highest BCUT2D eigenvalue weighted by atomic mass is 35.5. The monoisotopic (exact) mass is 476 g/mol.